The fourth-order valence-corrected chi connectivity index (χ4v) is 2.07. The number of nitrogens with one attached hydrogen (secondary N) is 4. The number of rotatable bonds is 2. The lowest BCUT2D eigenvalue weighted by Crippen LogP contribution is -2.19. The molecule has 0 aliphatic heterocycles. The monoisotopic (exact) mass is 293 g/mol. The minimum absolute atomic E-state index is 0.301. The fraction of sp³-hybridized carbons (Fsp3) is 0. The normalized spacial score (nSPS) is 10.1. The van der Waals surface area contributed by atoms with Crippen LogP contribution in [0.1, 0.15) is 5.56 Å². The quantitative estimate of drug-likeness (QED) is 0.581. The molecule has 0 saturated carbocycles. The first-order valence-corrected chi connectivity index (χ1v) is 6.44. The van der Waals surface area contributed by atoms with Crippen molar-refractivity contribution in [2.45, 2.75) is 0 Å². The number of nitriles is 1. The molecular weight excluding hydrogens is 282 g/mol. The summed E-state index contributed by atoms with van der Waals surface area (Å²) in [5, 5.41) is 14.1. The molecule has 3 rings (SSSR count). The van der Waals surface area contributed by atoms with Crippen molar-refractivity contribution in [2.75, 3.05) is 10.6 Å². The molecule has 0 saturated heterocycles. The van der Waals surface area contributed by atoms with E-state index in [2.05, 4.69) is 20.6 Å². The Morgan fingerprint density at radius 2 is 1.73 bits per heavy atom. The van der Waals surface area contributed by atoms with Gasteiger partial charge < -0.3 is 20.6 Å². The van der Waals surface area contributed by atoms with Crippen molar-refractivity contribution in [3.8, 4) is 6.07 Å². The van der Waals surface area contributed by atoms with Crippen molar-refractivity contribution in [2.24, 2.45) is 0 Å². The summed E-state index contributed by atoms with van der Waals surface area (Å²) in [7, 11) is 0. The number of urea groups is 1. The van der Waals surface area contributed by atoms with Crippen molar-refractivity contribution in [3.63, 3.8) is 0 Å². The number of imidazole rings is 1. The molecular formula is C15H11N5O2. The number of hydrogen-bond acceptors (Lipinski definition) is 3. The summed E-state index contributed by atoms with van der Waals surface area (Å²) in [6, 6.07) is 13.2. The van der Waals surface area contributed by atoms with Crippen LogP contribution in [0.5, 0.6) is 0 Å². The Labute approximate surface area is 124 Å². The molecule has 0 fully saturated rings. The first-order chi connectivity index (χ1) is 10.6. The molecule has 1 aromatic heterocycles. The van der Waals surface area contributed by atoms with E-state index in [0.29, 0.717) is 28.0 Å². The highest BCUT2D eigenvalue weighted by Crippen LogP contribution is 2.15. The van der Waals surface area contributed by atoms with Crippen molar-refractivity contribution >= 4 is 28.4 Å². The average Bonchev–Trinajstić information content (AvgIpc) is 2.86. The van der Waals surface area contributed by atoms with Crippen LogP contribution in [0.2, 0.25) is 0 Å². The lowest BCUT2D eigenvalue weighted by atomic mass is 10.2. The molecule has 7 heteroatoms. The van der Waals surface area contributed by atoms with E-state index in [4.69, 9.17) is 5.26 Å². The number of anilines is 2. The first kappa shape index (κ1) is 13.5. The number of aromatic amines is 2. The van der Waals surface area contributed by atoms with Crippen LogP contribution in [0.15, 0.2) is 47.3 Å². The molecule has 0 spiro atoms. The third-order valence-electron chi connectivity index (χ3n) is 3.02. The van der Waals surface area contributed by atoms with Gasteiger partial charge in [0.25, 0.3) is 0 Å². The molecule has 1 heterocycles. The molecule has 7 nitrogen and oxygen atoms in total. The van der Waals surface area contributed by atoms with Crippen LogP contribution in [0, 0.1) is 11.3 Å². The SMILES string of the molecule is N#Cc1cccc(NC(=O)Nc2ccc3[nH]c(=O)[nH]c3c2)c1. The van der Waals surface area contributed by atoms with Gasteiger partial charge in [-0.05, 0) is 36.4 Å². The highest BCUT2D eigenvalue weighted by atomic mass is 16.2. The smallest absolute Gasteiger partial charge is 0.308 e. The molecule has 2 amide bonds. The third kappa shape index (κ3) is 2.81. The van der Waals surface area contributed by atoms with Gasteiger partial charge >= 0.3 is 11.7 Å². The van der Waals surface area contributed by atoms with Crippen LogP contribution in [0.3, 0.4) is 0 Å². The van der Waals surface area contributed by atoms with E-state index in [1.54, 1.807) is 42.5 Å². The van der Waals surface area contributed by atoms with E-state index < -0.39 is 6.03 Å². The number of fused-ring (bicyclic) bond motifs is 1. The van der Waals surface area contributed by atoms with Crippen molar-refractivity contribution in [1.82, 2.24) is 9.97 Å². The summed E-state index contributed by atoms with van der Waals surface area (Å²) in [4.78, 5) is 28.4. The number of H-pyrrole nitrogens is 2. The van der Waals surface area contributed by atoms with Gasteiger partial charge in [-0.2, -0.15) is 5.26 Å². The summed E-state index contributed by atoms with van der Waals surface area (Å²) in [6.45, 7) is 0. The number of hydrogen-bond donors (Lipinski definition) is 4. The van der Waals surface area contributed by atoms with Gasteiger partial charge in [0.1, 0.15) is 0 Å². The summed E-state index contributed by atoms with van der Waals surface area (Å²) < 4.78 is 0. The Morgan fingerprint density at radius 1 is 1.00 bits per heavy atom. The van der Waals surface area contributed by atoms with Crippen molar-refractivity contribution in [1.29, 1.82) is 5.26 Å². The molecule has 0 unspecified atom stereocenters. The van der Waals surface area contributed by atoms with Crippen LogP contribution in [-0.2, 0) is 0 Å². The van der Waals surface area contributed by atoms with Crippen LogP contribution in [0.25, 0.3) is 11.0 Å². The van der Waals surface area contributed by atoms with Crippen molar-refractivity contribution < 1.29 is 4.79 Å². The zero-order valence-electron chi connectivity index (χ0n) is 11.3. The van der Waals surface area contributed by atoms with E-state index in [1.807, 2.05) is 6.07 Å². The van der Waals surface area contributed by atoms with E-state index in [9.17, 15) is 9.59 Å². The molecule has 2 aromatic carbocycles. The number of aromatic nitrogens is 2. The van der Waals surface area contributed by atoms with Gasteiger partial charge in [-0.15, -0.1) is 0 Å². The predicted molar refractivity (Wildman–Crippen MR) is 82.7 cm³/mol. The minimum atomic E-state index is -0.438. The van der Waals surface area contributed by atoms with Gasteiger partial charge in [-0.25, -0.2) is 9.59 Å². The Kier molecular flexibility index (Phi) is 3.34. The van der Waals surface area contributed by atoms with Crippen LogP contribution < -0.4 is 16.3 Å². The van der Waals surface area contributed by atoms with Gasteiger partial charge in [-0.1, -0.05) is 6.07 Å². The van der Waals surface area contributed by atoms with E-state index in [0.717, 1.165) is 0 Å². The molecule has 22 heavy (non-hydrogen) atoms. The van der Waals surface area contributed by atoms with Gasteiger partial charge in [-0.3, -0.25) is 0 Å². The molecule has 0 radical (unpaired) electrons. The zero-order valence-corrected chi connectivity index (χ0v) is 11.3. The minimum Gasteiger partial charge on any atom is -0.308 e. The molecule has 0 aliphatic rings. The topological polar surface area (TPSA) is 114 Å². The van der Waals surface area contributed by atoms with Crippen LogP contribution >= 0.6 is 0 Å². The Hall–Kier alpha value is -3.53. The van der Waals surface area contributed by atoms with Gasteiger partial charge in [0, 0.05) is 11.4 Å². The fourth-order valence-electron chi connectivity index (χ4n) is 2.07. The first-order valence-electron chi connectivity index (χ1n) is 6.44. The molecule has 3 aromatic rings. The van der Waals surface area contributed by atoms with Crippen LogP contribution in [0.4, 0.5) is 16.2 Å². The number of nitrogens with zero attached hydrogens (tertiary/aromatic N) is 1. The summed E-state index contributed by atoms with van der Waals surface area (Å²) in [5.74, 6) is 0. The highest BCUT2D eigenvalue weighted by molar-refractivity contribution is 6.00. The van der Waals surface area contributed by atoms with Gasteiger partial charge in [0.2, 0.25) is 0 Å². The Bertz CT molecular complexity index is 948. The second-order valence-electron chi connectivity index (χ2n) is 4.61. The summed E-state index contributed by atoms with van der Waals surface area (Å²) in [6.07, 6.45) is 0. The maximum atomic E-state index is 11.9. The molecule has 4 N–H and O–H groups in total. The highest BCUT2D eigenvalue weighted by Gasteiger charge is 2.05. The number of carbonyl (C=O) groups excluding carboxylic acids is 1. The second kappa shape index (κ2) is 5.46. The molecule has 108 valence electrons. The Morgan fingerprint density at radius 3 is 2.50 bits per heavy atom. The molecule has 0 bridgehead atoms. The lowest BCUT2D eigenvalue weighted by molar-refractivity contribution is 0.262. The second-order valence-corrected chi connectivity index (χ2v) is 4.61. The van der Waals surface area contributed by atoms with E-state index >= 15 is 0 Å². The number of amides is 2. The third-order valence-corrected chi connectivity index (χ3v) is 3.02. The molecule has 0 aliphatic carbocycles. The standard InChI is InChI=1S/C15H11N5O2/c16-8-9-2-1-3-10(6-9)17-14(21)18-11-4-5-12-13(7-11)20-15(22)19-12/h1-7H,(H2,17,18,21)(H2,19,20,22). The number of benzene rings is 2. The van der Waals surface area contributed by atoms with Gasteiger partial charge in [0.15, 0.2) is 0 Å². The van der Waals surface area contributed by atoms with E-state index in [-0.39, 0.29) is 5.69 Å². The summed E-state index contributed by atoms with van der Waals surface area (Å²) >= 11 is 0. The molecule has 0 atom stereocenters. The summed E-state index contributed by atoms with van der Waals surface area (Å²) in [5.41, 5.74) is 2.49. The maximum Gasteiger partial charge on any atom is 0.323 e. The number of carbonyl (C=O) groups is 1. The lowest BCUT2D eigenvalue weighted by Gasteiger charge is -2.07. The zero-order chi connectivity index (χ0) is 15.5. The van der Waals surface area contributed by atoms with Crippen LogP contribution in [-0.4, -0.2) is 16.0 Å². The average molecular weight is 293 g/mol. The maximum absolute atomic E-state index is 11.9. The van der Waals surface area contributed by atoms with Gasteiger partial charge in [0.05, 0.1) is 22.7 Å². The van der Waals surface area contributed by atoms with Crippen molar-refractivity contribution in [3.05, 3.63) is 58.5 Å². The Balaban J connectivity index is 1.74. The predicted octanol–water partition coefficient (Wildman–Crippen LogP) is 2.37. The van der Waals surface area contributed by atoms with E-state index in [1.165, 1.54) is 0 Å². The largest absolute Gasteiger partial charge is 0.323 e.